The molecule has 0 radical (unpaired) electrons. The van der Waals surface area contributed by atoms with Crippen molar-refractivity contribution in [3.8, 4) is 0 Å². The van der Waals surface area contributed by atoms with Crippen molar-refractivity contribution < 1.29 is 4.79 Å². The van der Waals surface area contributed by atoms with Crippen LogP contribution in [0.3, 0.4) is 0 Å². The molecule has 1 aliphatic carbocycles. The van der Waals surface area contributed by atoms with Crippen molar-refractivity contribution in [1.82, 2.24) is 5.32 Å². The molecule has 3 heteroatoms. The maximum atomic E-state index is 11.9. The van der Waals surface area contributed by atoms with Crippen molar-refractivity contribution >= 4 is 5.91 Å². The second-order valence-corrected chi connectivity index (χ2v) is 5.82. The number of carbonyl (C=O) groups is 1. The highest BCUT2D eigenvalue weighted by Gasteiger charge is 2.23. The van der Waals surface area contributed by atoms with Crippen LogP contribution in [0.5, 0.6) is 0 Å². The number of hydrogen-bond donors (Lipinski definition) is 2. The van der Waals surface area contributed by atoms with E-state index in [9.17, 15) is 4.79 Å². The van der Waals surface area contributed by atoms with Crippen molar-refractivity contribution in [3.63, 3.8) is 0 Å². The summed E-state index contributed by atoms with van der Waals surface area (Å²) in [6, 6.07) is -0.103. The smallest absolute Gasteiger partial charge is 0.237 e. The molecule has 17 heavy (non-hydrogen) atoms. The lowest BCUT2D eigenvalue weighted by molar-refractivity contribution is -0.124. The van der Waals surface area contributed by atoms with Crippen LogP contribution in [0, 0.1) is 11.8 Å². The summed E-state index contributed by atoms with van der Waals surface area (Å²) in [5, 5.41) is 3.09. The van der Waals surface area contributed by atoms with Crippen LogP contribution in [-0.4, -0.2) is 18.0 Å². The number of nitrogens with two attached hydrogens (primary N) is 1. The van der Waals surface area contributed by atoms with E-state index in [1.807, 2.05) is 13.8 Å². The van der Waals surface area contributed by atoms with Crippen molar-refractivity contribution in [3.05, 3.63) is 0 Å². The summed E-state index contributed by atoms with van der Waals surface area (Å²) in [4.78, 5) is 11.9. The Morgan fingerprint density at radius 2 is 1.65 bits per heavy atom. The molecule has 0 aromatic carbocycles. The zero-order valence-corrected chi connectivity index (χ0v) is 11.5. The number of carbonyl (C=O) groups excluding carboxylic acids is 1. The molecule has 0 bridgehead atoms. The van der Waals surface area contributed by atoms with Gasteiger partial charge in [-0.25, -0.2) is 0 Å². The van der Waals surface area contributed by atoms with Gasteiger partial charge >= 0.3 is 0 Å². The van der Waals surface area contributed by atoms with Crippen LogP contribution in [-0.2, 0) is 4.79 Å². The molecule has 1 unspecified atom stereocenters. The first kappa shape index (κ1) is 14.5. The van der Waals surface area contributed by atoms with Gasteiger partial charge in [-0.15, -0.1) is 0 Å². The Morgan fingerprint density at radius 3 is 2.12 bits per heavy atom. The van der Waals surface area contributed by atoms with Crippen molar-refractivity contribution in [1.29, 1.82) is 0 Å². The fourth-order valence-electron chi connectivity index (χ4n) is 2.55. The maximum absolute atomic E-state index is 11.9. The zero-order chi connectivity index (χ0) is 12.8. The highest BCUT2D eigenvalue weighted by Crippen LogP contribution is 2.25. The topological polar surface area (TPSA) is 55.1 Å². The summed E-state index contributed by atoms with van der Waals surface area (Å²) in [5.74, 6) is 0.855. The summed E-state index contributed by atoms with van der Waals surface area (Å²) in [7, 11) is 0. The predicted octanol–water partition coefficient (Wildman–Crippen LogP) is 2.44. The Kier molecular flexibility index (Phi) is 5.96. The minimum absolute atomic E-state index is 0.0109. The number of nitrogens with one attached hydrogen (secondary N) is 1. The van der Waals surface area contributed by atoms with Crippen molar-refractivity contribution in [2.24, 2.45) is 17.6 Å². The summed E-state index contributed by atoms with van der Waals surface area (Å²) >= 11 is 0. The standard InChI is InChI=1S/C14H28N2O/c1-10(2)13(15)14(17)16-11(3)12-8-6-4-5-7-9-12/h10-13H,4-9,15H2,1-3H3,(H,16,17)/t11-,13?/m0/s1. The minimum atomic E-state index is -0.372. The lowest BCUT2D eigenvalue weighted by atomic mass is 9.92. The average Bonchev–Trinajstić information content (AvgIpc) is 2.56. The molecule has 0 heterocycles. The molecule has 1 rings (SSSR count). The molecule has 3 nitrogen and oxygen atoms in total. The number of rotatable bonds is 4. The molecule has 0 aromatic rings. The average molecular weight is 240 g/mol. The van der Waals surface area contributed by atoms with Crippen molar-refractivity contribution in [2.45, 2.75) is 71.4 Å². The molecule has 2 atom stereocenters. The minimum Gasteiger partial charge on any atom is -0.352 e. The number of amides is 1. The van der Waals surface area contributed by atoms with Gasteiger partial charge in [-0.1, -0.05) is 39.5 Å². The quantitative estimate of drug-likeness (QED) is 0.742. The molecule has 1 amide bonds. The molecule has 1 fully saturated rings. The molecule has 100 valence electrons. The van der Waals surface area contributed by atoms with Gasteiger partial charge in [0.05, 0.1) is 6.04 Å². The molecule has 0 spiro atoms. The molecule has 3 N–H and O–H groups in total. The van der Waals surface area contributed by atoms with Crippen LogP contribution in [0.25, 0.3) is 0 Å². The third-order valence-electron chi connectivity index (χ3n) is 4.00. The van der Waals surface area contributed by atoms with E-state index < -0.39 is 0 Å². The van der Waals surface area contributed by atoms with E-state index in [2.05, 4.69) is 12.2 Å². The lowest BCUT2D eigenvalue weighted by Gasteiger charge is -2.26. The molecule has 0 saturated heterocycles. The van der Waals surface area contributed by atoms with E-state index in [-0.39, 0.29) is 23.9 Å². The van der Waals surface area contributed by atoms with Gasteiger partial charge in [-0.05, 0) is 31.6 Å². The first-order valence-corrected chi connectivity index (χ1v) is 7.08. The van der Waals surface area contributed by atoms with E-state index in [1.54, 1.807) is 0 Å². The van der Waals surface area contributed by atoms with E-state index in [1.165, 1.54) is 38.5 Å². The molecular formula is C14H28N2O. The van der Waals surface area contributed by atoms with Gasteiger partial charge in [-0.2, -0.15) is 0 Å². The van der Waals surface area contributed by atoms with Crippen LogP contribution in [0.2, 0.25) is 0 Å². The van der Waals surface area contributed by atoms with Crippen LogP contribution < -0.4 is 11.1 Å². The van der Waals surface area contributed by atoms with E-state index in [0.29, 0.717) is 5.92 Å². The molecule has 1 saturated carbocycles. The van der Waals surface area contributed by atoms with E-state index in [4.69, 9.17) is 5.73 Å². The summed E-state index contributed by atoms with van der Waals surface area (Å²) < 4.78 is 0. The van der Waals surface area contributed by atoms with Gasteiger partial charge in [0, 0.05) is 6.04 Å². The van der Waals surface area contributed by atoms with Gasteiger partial charge in [-0.3, -0.25) is 4.79 Å². The fourth-order valence-corrected chi connectivity index (χ4v) is 2.55. The lowest BCUT2D eigenvalue weighted by Crippen LogP contribution is -2.48. The highest BCUT2D eigenvalue weighted by atomic mass is 16.2. The van der Waals surface area contributed by atoms with E-state index >= 15 is 0 Å². The van der Waals surface area contributed by atoms with Crippen LogP contribution in [0.1, 0.15) is 59.3 Å². The van der Waals surface area contributed by atoms with Crippen LogP contribution in [0.15, 0.2) is 0 Å². The largest absolute Gasteiger partial charge is 0.352 e. The summed E-state index contributed by atoms with van der Waals surface area (Å²) in [6.45, 7) is 6.10. The molecular weight excluding hydrogens is 212 g/mol. The summed E-state index contributed by atoms with van der Waals surface area (Å²) in [5.41, 5.74) is 5.86. The zero-order valence-electron chi connectivity index (χ0n) is 11.5. The number of hydrogen-bond acceptors (Lipinski definition) is 2. The Morgan fingerprint density at radius 1 is 1.12 bits per heavy atom. The highest BCUT2D eigenvalue weighted by molar-refractivity contribution is 5.81. The first-order chi connectivity index (χ1) is 8.02. The Bertz CT molecular complexity index is 232. The van der Waals surface area contributed by atoms with Crippen LogP contribution >= 0.6 is 0 Å². The maximum Gasteiger partial charge on any atom is 0.237 e. The van der Waals surface area contributed by atoms with Gasteiger partial charge in [0.15, 0.2) is 0 Å². The SMILES string of the molecule is CC(C)C(N)C(=O)N[C@@H](C)C1CCCCCC1. The Balaban J connectivity index is 2.41. The molecule has 0 aliphatic heterocycles. The van der Waals surface area contributed by atoms with Gasteiger partial charge in [0.25, 0.3) is 0 Å². The predicted molar refractivity (Wildman–Crippen MR) is 71.6 cm³/mol. The Hall–Kier alpha value is -0.570. The third-order valence-corrected chi connectivity index (χ3v) is 4.00. The molecule has 1 aliphatic rings. The Labute approximate surface area is 106 Å². The van der Waals surface area contributed by atoms with E-state index in [0.717, 1.165) is 0 Å². The second-order valence-electron chi connectivity index (χ2n) is 5.82. The van der Waals surface area contributed by atoms with Gasteiger partial charge in [0.1, 0.15) is 0 Å². The fraction of sp³-hybridized carbons (Fsp3) is 0.929. The van der Waals surface area contributed by atoms with Crippen molar-refractivity contribution in [2.75, 3.05) is 0 Å². The second kappa shape index (κ2) is 7.00. The monoisotopic (exact) mass is 240 g/mol. The van der Waals surface area contributed by atoms with Crippen LogP contribution in [0.4, 0.5) is 0 Å². The third kappa shape index (κ3) is 4.66. The van der Waals surface area contributed by atoms with Gasteiger partial charge in [0.2, 0.25) is 5.91 Å². The molecule has 0 aromatic heterocycles. The van der Waals surface area contributed by atoms with Gasteiger partial charge < -0.3 is 11.1 Å². The summed E-state index contributed by atoms with van der Waals surface area (Å²) in [6.07, 6.45) is 7.81. The normalized spacial score (nSPS) is 21.9. The first-order valence-electron chi connectivity index (χ1n) is 7.08.